The molecule has 1 heterocycles. The van der Waals surface area contributed by atoms with E-state index in [0.717, 1.165) is 0 Å². The number of hydrogen-bond donors (Lipinski definition) is 0. The van der Waals surface area contributed by atoms with Gasteiger partial charge in [0.15, 0.2) is 0 Å². The lowest BCUT2D eigenvalue weighted by Gasteiger charge is -2.10. The summed E-state index contributed by atoms with van der Waals surface area (Å²) in [6, 6.07) is 52.6. The molecule has 6 aromatic carbocycles. The van der Waals surface area contributed by atoms with Gasteiger partial charge in [-0.05, 0) is 50.7 Å². The van der Waals surface area contributed by atoms with Gasteiger partial charge in [0.05, 0.1) is 0 Å². The van der Waals surface area contributed by atoms with Crippen molar-refractivity contribution in [3.63, 3.8) is 0 Å². The quantitative estimate of drug-likeness (QED) is 0.231. The van der Waals surface area contributed by atoms with Crippen LogP contribution in [0.3, 0.4) is 0 Å². The highest BCUT2D eigenvalue weighted by Gasteiger charge is 2.17. The third-order valence-electron chi connectivity index (χ3n) is 7.08. The molecule has 37 heavy (non-hydrogen) atoms. The Kier molecular flexibility index (Phi) is 5.42. The summed E-state index contributed by atoms with van der Waals surface area (Å²) in [5.41, 5.74) is 7.55. The van der Waals surface area contributed by atoms with E-state index >= 15 is 0 Å². The maximum atomic E-state index is 2.33. The van der Waals surface area contributed by atoms with Crippen molar-refractivity contribution in [2.75, 3.05) is 0 Å². The molecular weight excluding hydrogens is 464 g/mol. The Morgan fingerprint density at radius 2 is 0.946 bits per heavy atom. The topological polar surface area (TPSA) is 0 Å². The van der Waals surface area contributed by atoms with E-state index in [0.29, 0.717) is 0 Å². The standard InChI is InChI=1S/C36H24S/c1-2-11-25(12-3-1)28-15-10-16-30(24-28)35-33-19-8-9-20-34(33)36(37-35)32-18-7-6-17-31(32)29-22-21-26-13-4-5-14-27(26)23-29/h1-24H. The van der Waals surface area contributed by atoms with Crippen LogP contribution in [0.1, 0.15) is 0 Å². The molecule has 0 N–H and O–H groups in total. The molecule has 7 aromatic rings. The molecule has 0 nitrogen and oxygen atoms in total. The van der Waals surface area contributed by atoms with Gasteiger partial charge < -0.3 is 0 Å². The summed E-state index contributed by atoms with van der Waals surface area (Å²) in [6.07, 6.45) is 0. The van der Waals surface area contributed by atoms with Crippen LogP contribution in [0.2, 0.25) is 0 Å². The van der Waals surface area contributed by atoms with E-state index < -0.39 is 0 Å². The Hall–Kier alpha value is -4.46. The molecule has 0 aliphatic carbocycles. The van der Waals surface area contributed by atoms with Crippen molar-refractivity contribution in [2.24, 2.45) is 0 Å². The number of benzene rings is 6. The molecule has 0 radical (unpaired) electrons. The molecular formula is C36H24S. The second kappa shape index (κ2) is 9.20. The minimum absolute atomic E-state index is 1.24. The smallest absolute Gasteiger partial charge is 0.0434 e. The first-order chi connectivity index (χ1) is 18.3. The Balaban J connectivity index is 1.41. The zero-order valence-electron chi connectivity index (χ0n) is 20.3. The molecule has 1 heteroatoms. The van der Waals surface area contributed by atoms with Gasteiger partial charge in [0, 0.05) is 26.1 Å². The monoisotopic (exact) mass is 488 g/mol. The normalized spacial score (nSPS) is 11.2. The van der Waals surface area contributed by atoms with Crippen molar-refractivity contribution in [1.29, 1.82) is 0 Å². The summed E-state index contributed by atoms with van der Waals surface area (Å²) < 4.78 is 0. The highest BCUT2D eigenvalue weighted by molar-refractivity contribution is 7.21. The van der Waals surface area contributed by atoms with Crippen LogP contribution in [0.4, 0.5) is 0 Å². The highest BCUT2D eigenvalue weighted by Crippen LogP contribution is 2.47. The van der Waals surface area contributed by atoms with Crippen molar-refractivity contribution in [1.82, 2.24) is 0 Å². The molecule has 0 fully saturated rings. The number of hydrogen-bond acceptors (Lipinski definition) is 1. The zero-order chi connectivity index (χ0) is 24.6. The minimum Gasteiger partial charge on any atom is -0.134 e. The van der Waals surface area contributed by atoms with E-state index in [2.05, 4.69) is 146 Å². The Bertz CT molecular complexity index is 1870. The largest absolute Gasteiger partial charge is 0.134 e. The maximum Gasteiger partial charge on any atom is 0.0434 e. The Morgan fingerprint density at radius 3 is 1.78 bits per heavy atom. The lowest BCUT2D eigenvalue weighted by molar-refractivity contribution is 1.62. The first-order valence-corrected chi connectivity index (χ1v) is 13.4. The van der Waals surface area contributed by atoms with Crippen molar-refractivity contribution in [3.05, 3.63) is 146 Å². The van der Waals surface area contributed by atoms with Gasteiger partial charge in [0.1, 0.15) is 0 Å². The SMILES string of the molecule is c1ccc(-c2cccc(-c3sc(-c4ccccc4-c4ccc5ccccc5c4)c4ccccc34)c2)cc1. The van der Waals surface area contributed by atoms with E-state index in [-0.39, 0.29) is 0 Å². The summed E-state index contributed by atoms with van der Waals surface area (Å²) in [5, 5.41) is 5.15. The summed E-state index contributed by atoms with van der Waals surface area (Å²) in [7, 11) is 0. The third kappa shape index (κ3) is 3.94. The second-order valence-corrected chi connectivity index (χ2v) is 10.4. The summed E-state index contributed by atoms with van der Waals surface area (Å²) in [6.45, 7) is 0. The van der Waals surface area contributed by atoms with Gasteiger partial charge in [0.2, 0.25) is 0 Å². The zero-order valence-corrected chi connectivity index (χ0v) is 21.1. The molecule has 174 valence electrons. The second-order valence-electron chi connectivity index (χ2n) is 9.36. The van der Waals surface area contributed by atoms with E-state index in [1.807, 2.05) is 11.3 Å². The number of thiophene rings is 1. The summed E-state index contributed by atoms with van der Waals surface area (Å²) >= 11 is 1.90. The fraction of sp³-hybridized carbons (Fsp3) is 0. The van der Waals surface area contributed by atoms with Crippen LogP contribution >= 0.6 is 11.3 Å². The van der Waals surface area contributed by atoms with Crippen molar-refractivity contribution < 1.29 is 0 Å². The van der Waals surface area contributed by atoms with Crippen molar-refractivity contribution >= 4 is 32.9 Å². The average molecular weight is 489 g/mol. The van der Waals surface area contributed by atoms with Crippen LogP contribution in [0.5, 0.6) is 0 Å². The minimum atomic E-state index is 1.24. The van der Waals surface area contributed by atoms with Gasteiger partial charge in [-0.3, -0.25) is 0 Å². The lowest BCUT2D eigenvalue weighted by atomic mass is 9.95. The van der Waals surface area contributed by atoms with Crippen LogP contribution < -0.4 is 0 Å². The fourth-order valence-electron chi connectivity index (χ4n) is 5.27. The molecule has 1 aromatic heterocycles. The lowest BCUT2D eigenvalue weighted by Crippen LogP contribution is -1.84. The summed E-state index contributed by atoms with van der Waals surface area (Å²) in [5.74, 6) is 0. The molecule has 0 saturated carbocycles. The Labute approximate surface area is 221 Å². The maximum absolute atomic E-state index is 2.33. The van der Waals surface area contributed by atoms with Gasteiger partial charge in [-0.2, -0.15) is 0 Å². The van der Waals surface area contributed by atoms with Gasteiger partial charge >= 0.3 is 0 Å². The predicted molar refractivity (Wildman–Crippen MR) is 161 cm³/mol. The average Bonchev–Trinajstić information content (AvgIpc) is 3.37. The van der Waals surface area contributed by atoms with E-state index in [4.69, 9.17) is 0 Å². The third-order valence-corrected chi connectivity index (χ3v) is 8.39. The molecule has 0 aliphatic heterocycles. The van der Waals surface area contributed by atoms with Gasteiger partial charge in [-0.15, -0.1) is 11.3 Å². The van der Waals surface area contributed by atoms with Gasteiger partial charge in [-0.25, -0.2) is 0 Å². The van der Waals surface area contributed by atoms with E-state index in [1.54, 1.807) is 0 Å². The first kappa shape index (κ1) is 21.8. The van der Waals surface area contributed by atoms with E-state index in [1.165, 1.54) is 64.7 Å². The van der Waals surface area contributed by atoms with Crippen LogP contribution in [-0.4, -0.2) is 0 Å². The molecule has 0 spiro atoms. The van der Waals surface area contributed by atoms with Gasteiger partial charge in [0.25, 0.3) is 0 Å². The molecule has 0 atom stereocenters. The molecule has 0 saturated heterocycles. The van der Waals surface area contributed by atoms with Gasteiger partial charge in [-0.1, -0.05) is 133 Å². The van der Waals surface area contributed by atoms with Crippen molar-refractivity contribution in [2.45, 2.75) is 0 Å². The van der Waals surface area contributed by atoms with Crippen LogP contribution in [0.15, 0.2) is 146 Å². The van der Waals surface area contributed by atoms with Crippen molar-refractivity contribution in [3.8, 4) is 43.1 Å². The molecule has 7 rings (SSSR count). The van der Waals surface area contributed by atoms with E-state index in [9.17, 15) is 0 Å². The number of rotatable bonds is 4. The first-order valence-electron chi connectivity index (χ1n) is 12.6. The Morgan fingerprint density at radius 1 is 0.324 bits per heavy atom. The molecule has 0 aliphatic rings. The fourth-order valence-corrected chi connectivity index (χ4v) is 6.58. The van der Waals surface area contributed by atoms with Crippen LogP contribution in [0, 0.1) is 0 Å². The molecule has 0 bridgehead atoms. The molecule has 0 amide bonds. The summed E-state index contributed by atoms with van der Waals surface area (Å²) in [4.78, 5) is 2.64. The van der Waals surface area contributed by atoms with Crippen LogP contribution in [0.25, 0.3) is 64.7 Å². The highest BCUT2D eigenvalue weighted by atomic mass is 32.1. The predicted octanol–water partition coefficient (Wildman–Crippen LogP) is 10.7. The van der Waals surface area contributed by atoms with Crippen LogP contribution in [-0.2, 0) is 0 Å². The number of fused-ring (bicyclic) bond motifs is 2. The molecule has 0 unspecified atom stereocenters.